The lowest BCUT2D eigenvalue weighted by molar-refractivity contribution is -0.139. The van der Waals surface area contributed by atoms with Crippen molar-refractivity contribution in [2.45, 2.75) is 19.9 Å². The topological polar surface area (TPSA) is 49.4 Å². The molecule has 5 heteroatoms. The first-order chi connectivity index (χ1) is 11.9. The highest BCUT2D eigenvalue weighted by molar-refractivity contribution is 6.45. The molecular weight excluding hydrogens is 319 g/mol. The van der Waals surface area contributed by atoms with E-state index in [1.165, 1.54) is 17.0 Å². The Bertz CT molecular complexity index is 854. The molecule has 1 saturated heterocycles. The Balaban J connectivity index is 2.02. The molecule has 0 saturated carbocycles. The minimum Gasteiger partial charge on any atom is -0.359 e. The van der Waals surface area contributed by atoms with Crippen LogP contribution in [-0.4, -0.2) is 23.6 Å². The second kappa shape index (κ2) is 6.51. The second-order valence-corrected chi connectivity index (χ2v) is 6.23. The summed E-state index contributed by atoms with van der Waals surface area (Å²) in [6.07, 6.45) is 0. The number of nitrogens with one attached hydrogen (secondary N) is 1. The molecule has 0 aromatic heterocycles. The van der Waals surface area contributed by atoms with Gasteiger partial charge >= 0.3 is 0 Å². The van der Waals surface area contributed by atoms with Crippen LogP contribution in [0, 0.1) is 12.7 Å². The van der Waals surface area contributed by atoms with Crippen LogP contribution in [0.4, 0.5) is 10.1 Å². The summed E-state index contributed by atoms with van der Waals surface area (Å²) in [5, 5.41) is 3.20. The zero-order valence-corrected chi connectivity index (χ0v) is 14.3. The lowest BCUT2D eigenvalue weighted by Crippen LogP contribution is -2.24. The van der Waals surface area contributed by atoms with E-state index >= 15 is 0 Å². The van der Waals surface area contributed by atoms with Crippen molar-refractivity contribution in [2.75, 3.05) is 12.4 Å². The van der Waals surface area contributed by atoms with Crippen LogP contribution >= 0.6 is 0 Å². The third kappa shape index (κ3) is 3.18. The molecule has 128 valence electrons. The molecule has 25 heavy (non-hydrogen) atoms. The van der Waals surface area contributed by atoms with Gasteiger partial charge in [-0.1, -0.05) is 29.8 Å². The molecular formula is C20H19FN2O2. The summed E-state index contributed by atoms with van der Waals surface area (Å²) in [6.45, 7) is 3.77. The Morgan fingerprint density at radius 1 is 1.04 bits per heavy atom. The van der Waals surface area contributed by atoms with Gasteiger partial charge < -0.3 is 10.2 Å². The van der Waals surface area contributed by atoms with Crippen molar-refractivity contribution in [3.8, 4) is 0 Å². The molecule has 0 aliphatic carbocycles. The number of Topliss-reactive ketones (excluding diaryl/α,β-unsaturated/α-hetero) is 1. The maximum atomic E-state index is 13.2. The number of rotatable bonds is 3. The number of anilines is 1. The molecule has 0 radical (unpaired) electrons. The van der Waals surface area contributed by atoms with Gasteiger partial charge in [-0.2, -0.15) is 0 Å². The number of nitrogens with zero attached hydrogens (tertiary/aromatic N) is 1. The number of allylic oxidation sites excluding steroid dienone is 1. The standard InChI is InChI=1S/C20H19FN2O2/c1-12-4-10-16(11-5-12)22-13(2)17-18(23(3)20(25)19(17)24)14-6-8-15(21)9-7-14/h4-11,18,22H,1-3H3/b17-13-. The van der Waals surface area contributed by atoms with Crippen molar-refractivity contribution in [1.82, 2.24) is 4.90 Å². The number of hydrogen-bond acceptors (Lipinski definition) is 3. The van der Waals surface area contributed by atoms with E-state index < -0.39 is 17.7 Å². The van der Waals surface area contributed by atoms with Gasteiger partial charge in [-0.15, -0.1) is 0 Å². The average molecular weight is 338 g/mol. The van der Waals surface area contributed by atoms with Gasteiger partial charge in [0.1, 0.15) is 5.82 Å². The fraction of sp³-hybridized carbons (Fsp3) is 0.200. The van der Waals surface area contributed by atoms with Crippen LogP contribution in [0.3, 0.4) is 0 Å². The Kier molecular flexibility index (Phi) is 4.40. The molecule has 1 aliphatic rings. The van der Waals surface area contributed by atoms with E-state index in [-0.39, 0.29) is 5.82 Å². The number of halogens is 1. The van der Waals surface area contributed by atoms with Crippen LogP contribution in [0.1, 0.15) is 24.1 Å². The van der Waals surface area contributed by atoms with Crippen LogP contribution in [0.2, 0.25) is 0 Å². The van der Waals surface area contributed by atoms with E-state index in [1.54, 1.807) is 26.1 Å². The van der Waals surface area contributed by atoms with E-state index in [9.17, 15) is 14.0 Å². The lowest BCUT2D eigenvalue weighted by atomic mass is 9.97. The Morgan fingerprint density at radius 3 is 2.24 bits per heavy atom. The number of likely N-dealkylation sites (tertiary alicyclic amines) is 1. The first kappa shape index (κ1) is 16.9. The SMILES string of the molecule is C/C(Nc1ccc(C)cc1)=C1/C(=O)C(=O)N(C)C1c1ccc(F)cc1. The van der Waals surface area contributed by atoms with Crippen LogP contribution < -0.4 is 5.32 Å². The van der Waals surface area contributed by atoms with Crippen LogP contribution in [0.15, 0.2) is 59.8 Å². The van der Waals surface area contributed by atoms with E-state index in [2.05, 4.69) is 5.32 Å². The largest absolute Gasteiger partial charge is 0.359 e. The number of aryl methyl sites for hydroxylation is 1. The van der Waals surface area contributed by atoms with Crippen LogP contribution in [0.25, 0.3) is 0 Å². The van der Waals surface area contributed by atoms with Crippen molar-refractivity contribution in [1.29, 1.82) is 0 Å². The van der Waals surface area contributed by atoms with Gasteiger partial charge in [0.05, 0.1) is 11.6 Å². The molecule has 1 amide bonds. The molecule has 2 aromatic carbocycles. The first-order valence-electron chi connectivity index (χ1n) is 8.00. The molecule has 1 N–H and O–H groups in total. The van der Waals surface area contributed by atoms with Crippen molar-refractivity contribution < 1.29 is 14.0 Å². The smallest absolute Gasteiger partial charge is 0.295 e. The summed E-state index contributed by atoms with van der Waals surface area (Å²) in [6, 6.07) is 13.1. The van der Waals surface area contributed by atoms with Crippen molar-refractivity contribution in [3.63, 3.8) is 0 Å². The normalized spacial score (nSPS) is 19.4. The number of ketones is 1. The number of likely N-dealkylation sites (N-methyl/N-ethyl adjacent to an activating group) is 1. The third-order valence-electron chi connectivity index (χ3n) is 4.39. The molecule has 2 aromatic rings. The molecule has 1 fully saturated rings. The molecule has 1 unspecified atom stereocenters. The number of carbonyl (C=O) groups is 2. The van der Waals surface area contributed by atoms with Crippen LogP contribution in [-0.2, 0) is 9.59 Å². The highest BCUT2D eigenvalue weighted by Gasteiger charge is 2.42. The number of benzene rings is 2. The summed E-state index contributed by atoms with van der Waals surface area (Å²) >= 11 is 0. The van der Waals surface area contributed by atoms with Gasteiger partial charge in [0.15, 0.2) is 0 Å². The van der Waals surface area contributed by atoms with Gasteiger partial charge in [0, 0.05) is 18.4 Å². The Morgan fingerprint density at radius 2 is 1.64 bits per heavy atom. The predicted molar refractivity (Wildman–Crippen MR) is 94.4 cm³/mol. The lowest BCUT2D eigenvalue weighted by Gasteiger charge is -2.22. The van der Waals surface area contributed by atoms with E-state index in [0.717, 1.165) is 11.3 Å². The second-order valence-electron chi connectivity index (χ2n) is 6.23. The van der Waals surface area contributed by atoms with Crippen molar-refractivity contribution >= 4 is 17.4 Å². The maximum Gasteiger partial charge on any atom is 0.295 e. The van der Waals surface area contributed by atoms with Gasteiger partial charge in [0.2, 0.25) is 0 Å². The van der Waals surface area contributed by atoms with E-state index in [0.29, 0.717) is 16.8 Å². The summed E-state index contributed by atoms with van der Waals surface area (Å²) < 4.78 is 13.2. The number of carbonyl (C=O) groups excluding carboxylic acids is 2. The summed E-state index contributed by atoms with van der Waals surface area (Å²) in [5.74, 6) is -1.45. The Labute approximate surface area is 146 Å². The summed E-state index contributed by atoms with van der Waals surface area (Å²) in [7, 11) is 1.58. The number of hydrogen-bond donors (Lipinski definition) is 1. The van der Waals surface area contributed by atoms with Gasteiger partial charge in [-0.3, -0.25) is 9.59 Å². The van der Waals surface area contributed by atoms with Gasteiger partial charge in [-0.25, -0.2) is 4.39 Å². The monoisotopic (exact) mass is 338 g/mol. The Hall–Kier alpha value is -2.95. The molecule has 1 aliphatic heterocycles. The quantitative estimate of drug-likeness (QED) is 0.687. The van der Waals surface area contributed by atoms with E-state index in [1.807, 2.05) is 31.2 Å². The predicted octanol–water partition coefficient (Wildman–Crippen LogP) is 3.60. The van der Waals surface area contributed by atoms with Crippen molar-refractivity contribution in [2.24, 2.45) is 0 Å². The van der Waals surface area contributed by atoms with Crippen molar-refractivity contribution in [3.05, 3.63) is 76.7 Å². The fourth-order valence-electron chi connectivity index (χ4n) is 3.04. The first-order valence-corrected chi connectivity index (χ1v) is 8.00. The maximum absolute atomic E-state index is 13.2. The molecule has 0 bridgehead atoms. The van der Waals surface area contributed by atoms with E-state index in [4.69, 9.17) is 0 Å². The highest BCUT2D eigenvalue weighted by atomic mass is 19.1. The summed E-state index contributed by atoms with van der Waals surface area (Å²) in [4.78, 5) is 26.1. The average Bonchev–Trinajstić information content (AvgIpc) is 2.82. The highest BCUT2D eigenvalue weighted by Crippen LogP contribution is 2.36. The van der Waals surface area contributed by atoms with Gasteiger partial charge in [-0.05, 0) is 43.7 Å². The zero-order valence-electron chi connectivity index (χ0n) is 14.3. The molecule has 3 rings (SSSR count). The zero-order chi connectivity index (χ0) is 18.1. The fourth-order valence-corrected chi connectivity index (χ4v) is 3.04. The molecule has 4 nitrogen and oxygen atoms in total. The molecule has 0 spiro atoms. The van der Waals surface area contributed by atoms with Gasteiger partial charge in [0.25, 0.3) is 11.7 Å². The minimum absolute atomic E-state index is 0.359. The summed E-state index contributed by atoms with van der Waals surface area (Å²) in [5.41, 5.74) is 3.67. The third-order valence-corrected chi connectivity index (χ3v) is 4.39. The molecule has 1 heterocycles. The van der Waals surface area contributed by atoms with Crippen LogP contribution in [0.5, 0.6) is 0 Å². The number of amides is 1. The molecule has 1 atom stereocenters. The minimum atomic E-state index is -0.561.